The lowest BCUT2D eigenvalue weighted by Gasteiger charge is -2.09. The smallest absolute Gasteiger partial charge is 0.269 e. The van der Waals surface area contributed by atoms with E-state index in [1.54, 1.807) is 19.1 Å². The minimum absolute atomic E-state index is 0.0123. The minimum Gasteiger partial charge on any atom is -0.376 e. The molecule has 0 atom stereocenters. The minimum atomic E-state index is -0.462. The van der Waals surface area contributed by atoms with Crippen molar-refractivity contribution in [1.29, 1.82) is 0 Å². The van der Waals surface area contributed by atoms with Crippen LogP contribution in [-0.4, -0.2) is 23.1 Å². The second-order valence-electron chi connectivity index (χ2n) is 5.71. The van der Waals surface area contributed by atoms with Crippen LogP contribution in [0.2, 0.25) is 0 Å². The number of benzene rings is 2. The largest absolute Gasteiger partial charge is 0.376 e. The summed E-state index contributed by atoms with van der Waals surface area (Å²) in [6.45, 7) is 5.81. The number of nitrogens with one attached hydrogen (secondary N) is 2. The summed E-state index contributed by atoms with van der Waals surface area (Å²) in [5.41, 5.74) is 6.88. The summed E-state index contributed by atoms with van der Waals surface area (Å²) in [5.74, 6) is -0.277. The number of carbonyl (C=O) groups is 1. The van der Waals surface area contributed by atoms with Crippen LogP contribution in [0.1, 0.15) is 23.6 Å². The predicted octanol–water partition coefficient (Wildman–Crippen LogP) is 3.16. The molecule has 0 aliphatic carbocycles. The fraction of sp³-hybridized carbons (Fsp3) is 0.222. The van der Waals surface area contributed by atoms with Gasteiger partial charge in [0.1, 0.15) is 0 Å². The van der Waals surface area contributed by atoms with Gasteiger partial charge in [0.15, 0.2) is 0 Å². The van der Waals surface area contributed by atoms with E-state index in [0.717, 1.165) is 16.8 Å². The summed E-state index contributed by atoms with van der Waals surface area (Å²) in [4.78, 5) is 22.1. The van der Waals surface area contributed by atoms with Gasteiger partial charge >= 0.3 is 0 Å². The van der Waals surface area contributed by atoms with Crippen LogP contribution in [-0.2, 0) is 4.79 Å². The maximum absolute atomic E-state index is 11.9. The van der Waals surface area contributed by atoms with E-state index in [-0.39, 0.29) is 18.1 Å². The summed E-state index contributed by atoms with van der Waals surface area (Å²) in [5, 5.41) is 17.7. The van der Waals surface area contributed by atoms with Crippen LogP contribution < -0.4 is 10.7 Å². The number of anilines is 1. The molecule has 7 heteroatoms. The predicted molar refractivity (Wildman–Crippen MR) is 97.9 cm³/mol. The molecule has 130 valence electrons. The fourth-order valence-corrected chi connectivity index (χ4v) is 2.26. The van der Waals surface area contributed by atoms with Crippen molar-refractivity contribution in [2.24, 2.45) is 5.10 Å². The Morgan fingerprint density at radius 3 is 2.44 bits per heavy atom. The van der Waals surface area contributed by atoms with Gasteiger partial charge in [-0.05, 0) is 50.1 Å². The third-order valence-corrected chi connectivity index (χ3v) is 3.67. The number of hydrogen-bond acceptors (Lipinski definition) is 5. The van der Waals surface area contributed by atoms with Crippen molar-refractivity contribution >= 4 is 23.0 Å². The zero-order valence-corrected chi connectivity index (χ0v) is 14.4. The van der Waals surface area contributed by atoms with Crippen LogP contribution in [0.5, 0.6) is 0 Å². The third kappa shape index (κ3) is 5.13. The Bertz CT molecular complexity index is 814. The number of carbonyl (C=O) groups excluding carboxylic acids is 1. The molecule has 0 unspecified atom stereocenters. The van der Waals surface area contributed by atoms with Crippen molar-refractivity contribution in [2.75, 3.05) is 11.9 Å². The molecular formula is C18H20N4O3. The summed E-state index contributed by atoms with van der Waals surface area (Å²) in [6.07, 6.45) is 0. The van der Waals surface area contributed by atoms with E-state index in [1.165, 1.54) is 12.1 Å². The van der Waals surface area contributed by atoms with Crippen LogP contribution in [0.3, 0.4) is 0 Å². The van der Waals surface area contributed by atoms with Gasteiger partial charge in [0.2, 0.25) is 0 Å². The molecule has 2 aromatic rings. The van der Waals surface area contributed by atoms with Crippen molar-refractivity contribution in [1.82, 2.24) is 5.43 Å². The number of nitro groups is 1. The lowest BCUT2D eigenvalue weighted by molar-refractivity contribution is -0.384. The second kappa shape index (κ2) is 8.05. The molecule has 2 N–H and O–H groups in total. The first kappa shape index (κ1) is 18.1. The highest BCUT2D eigenvalue weighted by Crippen LogP contribution is 2.15. The summed E-state index contributed by atoms with van der Waals surface area (Å²) >= 11 is 0. The molecule has 2 rings (SSSR count). The summed E-state index contributed by atoms with van der Waals surface area (Å²) in [6, 6.07) is 11.9. The second-order valence-corrected chi connectivity index (χ2v) is 5.71. The van der Waals surface area contributed by atoms with Gasteiger partial charge in [-0.1, -0.05) is 17.7 Å². The average Bonchev–Trinajstić information content (AvgIpc) is 2.59. The average molecular weight is 340 g/mol. The molecule has 1 amide bonds. The molecule has 0 saturated carbocycles. The third-order valence-electron chi connectivity index (χ3n) is 3.67. The Labute approximate surface area is 145 Å². The van der Waals surface area contributed by atoms with E-state index in [0.29, 0.717) is 11.3 Å². The zero-order chi connectivity index (χ0) is 18.4. The Kier molecular flexibility index (Phi) is 5.84. The number of nitrogens with zero attached hydrogens (tertiary/aromatic N) is 2. The van der Waals surface area contributed by atoms with E-state index in [4.69, 9.17) is 0 Å². The number of rotatable bonds is 6. The molecule has 25 heavy (non-hydrogen) atoms. The van der Waals surface area contributed by atoms with Crippen LogP contribution in [0.15, 0.2) is 47.6 Å². The van der Waals surface area contributed by atoms with Crippen LogP contribution in [0.4, 0.5) is 11.4 Å². The Morgan fingerprint density at radius 2 is 1.84 bits per heavy atom. The first-order valence-corrected chi connectivity index (χ1v) is 7.76. The number of hydrazone groups is 1. The molecule has 7 nitrogen and oxygen atoms in total. The summed E-state index contributed by atoms with van der Waals surface area (Å²) < 4.78 is 0. The molecule has 0 aromatic heterocycles. The SMILES string of the molecule is CC(=NNC(=O)CNc1ccc(C)cc1C)c1ccc([N+](=O)[O-])cc1. The highest BCUT2D eigenvalue weighted by molar-refractivity contribution is 5.99. The first-order chi connectivity index (χ1) is 11.9. The van der Waals surface area contributed by atoms with Crippen molar-refractivity contribution in [3.05, 3.63) is 69.3 Å². The van der Waals surface area contributed by atoms with Crippen molar-refractivity contribution < 1.29 is 9.72 Å². The van der Waals surface area contributed by atoms with Crippen molar-refractivity contribution in [3.8, 4) is 0 Å². The standard InChI is InChI=1S/C18H20N4O3/c1-12-4-9-17(13(2)10-12)19-11-18(23)21-20-14(3)15-5-7-16(8-6-15)22(24)25/h4-10,19H,11H2,1-3H3,(H,21,23). The van der Waals surface area contributed by atoms with Gasteiger partial charge in [0, 0.05) is 17.8 Å². The van der Waals surface area contributed by atoms with Crippen molar-refractivity contribution in [2.45, 2.75) is 20.8 Å². The molecular weight excluding hydrogens is 320 g/mol. The highest BCUT2D eigenvalue weighted by atomic mass is 16.6. The van der Waals surface area contributed by atoms with E-state index in [9.17, 15) is 14.9 Å². The molecule has 0 radical (unpaired) electrons. The Morgan fingerprint density at radius 1 is 1.16 bits per heavy atom. The van der Waals surface area contributed by atoms with Gasteiger partial charge in [-0.3, -0.25) is 14.9 Å². The lowest BCUT2D eigenvalue weighted by Crippen LogP contribution is -2.27. The zero-order valence-electron chi connectivity index (χ0n) is 14.4. The highest BCUT2D eigenvalue weighted by Gasteiger charge is 2.06. The number of aryl methyl sites for hydroxylation is 2. The number of nitro benzene ring substituents is 1. The van der Waals surface area contributed by atoms with E-state index < -0.39 is 4.92 Å². The Balaban J connectivity index is 1.91. The van der Waals surface area contributed by atoms with E-state index in [2.05, 4.69) is 15.8 Å². The van der Waals surface area contributed by atoms with Gasteiger partial charge in [0.25, 0.3) is 11.6 Å². The number of non-ortho nitro benzene ring substituents is 1. The monoisotopic (exact) mass is 340 g/mol. The molecule has 2 aromatic carbocycles. The van der Waals surface area contributed by atoms with Gasteiger partial charge in [-0.2, -0.15) is 5.10 Å². The van der Waals surface area contributed by atoms with Gasteiger partial charge in [-0.25, -0.2) is 5.43 Å². The van der Waals surface area contributed by atoms with E-state index >= 15 is 0 Å². The molecule has 0 fully saturated rings. The summed E-state index contributed by atoms with van der Waals surface area (Å²) in [7, 11) is 0. The van der Waals surface area contributed by atoms with Gasteiger partial charge in [-0.15, -0.1) is 0 Å². The Hall–Kier alpha value is -3.22. The molecule has 0 aliphatic heterocycles. The van der Waals surface area contributed by atoms with E-state index in [1.807, 2.05) is 32.0 Å². The first-order valence-electron chi connectivity index (χ1n) is 7.76. The lowest BCUT2D eigenvalue weighted by atomic mass is 10.1. The molecule has 0 bridgehead atoms. The van der Waals surface area contributed by atoms with Crippen molar-refractivity contribution in [3.63, 3.8) is 0 Å². The normalized spacial score (nSPS) is 11.1. The van der Waals surface area contributed by atoms with Crippen LogP contribution in [0.25, 0.3) is 0 Å². The van der Waals surface area contributed by atoms with Gasteiger partial charge < -0.3 is 5.32 Å². The molecule has 0 spiro atoms. The fourth-order valence-electron chi connectivity index (χ4n) is 2.26. The topological polar surface area (TPSA) is 96.6 Å². The number of amides is 1. The van der Waals surface area contributed by atoms with Crippen LogP contribution in [0, 0.1) is 24.0 Å². The number of hydrogen-bond donors (Lipinski definition) is 2. The van der Waals surface area contributed by atoms with Gasteiger partial charge in [0.05, 0.1) is 17.2 Å². The maximum atomic E-state index is 11.9. The molecule has 0 heterocycles. The molecule has 0 aliphatic rings. The quantitative estimate of drug-likeness (QED) is 0.479. The maximum Gasteiger partial charge on any atom is 0.269 e. The molecule has 0 saturated heterocycles. The van der Waals surface area contributed by atoms with Crippen LogP contribution >= 0.6 is 0 Å².